The molecule has 2 atom stereocenters. The summed E-state index contributed by atoms with van der Waals surface area (Å²) in [4.78, 5) is 10.3. The Kier molecular flexibility index (Phi) is 9.80. The second-order valence-electron chi connectivity index (χ2n) is 11.8. The van der Waals surface area contributed by atoms with Crippen molar-refractivity contribution in [2.75, 3.05) is 91.9 Å². The second kappa shape index (κ2) is 11.9. The van der Waals surface area contributed by atoms with Gasteiger partial charge in [-0.3, -0.25) is 19.6 Å². The molecule has 32 heavy (non-hydrogen) atoms. The highest BCUT2D eigenvalue weighted by Gasteiger charge is 2.42. The zero-order valence-corrected chi connectivity index (χ0v) is 21.8. The third-order valence-electron chi connectivity index (χ3n) is 6.86. The topological polar surface area (TPSA) is 40.7 Å². The lowest BCUT2D eigenvalue weighted by molar-refractivity contribution is -0.0205. The lowest BCUT2D eigenvalue weighted by atomic mass is 10.2. The summed E-state index contributed by atoms with van der Waals surface area (Å²) < 4.78 is 17.8. The van der Waals surface area contributed by atoms with E-state index in [0.717, 1.165) is 78.8 Å². The van der Waals surface area contributed by atoms with Crippen LogP contribution in [0, 0.1) is 0 Å². The Morgan fingerprint density at radius 3 is 1.47 bits per heavy atom. The fourth-order valence-corrected chi connectivity index (χ4v) is 5.04. The molecule has 3 fully saturated rings. The first kappa shape index (κ1) is 26.3. The zero-order chi connectivity index (χ0) is 23.2. The van der Waals surface area contributed by atoms with Crippen molar-refractivity contribution in [2.45, 2.75) is 71.2 Å². The number of likely N-dealkylation sites (tertiary alicyclic amines) is 2. The van der Waals surface area contributed by atoms with E-state index in [1.807, 2.05) is 0 Å². The predicted octanol–water partition coefficient (Wildman–Crippen LogP) is 2.01. The molecule has 7 nitrogen and oxygen atoms in total. The molecule has 2 bridgehead atoms. The number of rotatable bonds is 12. The van der Waals surface area contributed by atoms with Crippen LogP contribution in [0.1, 0.15) is 48.0 Å². The molecule has 3 aliphatic rings. The Labute approximate surface area is 197 Å². The summed E-state index contributed by atoms with van der Waals surface area (Å²) in [6.45, 7) is 27.4. The molecule has 0 aromatic heterocycles. The summed E-state index contributed by atoms with van der Waals surface area (Å²) >= 11 is 0. The smallest absolute Gasteiger partial charge is 0.0600 e. The van der Waals surface area contributed by atoms with Gasteiger partial charge in [-0.1, -0.05) is 0 Å². The van der Waals surface area contributed by atoms with Crippen molar-refractivity contribution in [2.24, 2.45) is 0 Å². The van der Waals surface area contributed by atoms with Gasteiger partial charge in [-0.2, -0.15) is 0 Å². The third kappa shape index (κ3) is 9.16. The van der Waals surface area contributed by atoms with Crippen LogP contribution in [0.15, 0.2) is 0 Å². The van der Waals surface area contributed by atoms with Crippen molar-refractivity contribution in [3.05, 3.63) is 0 Å². The van der Waals surface area contributed by atoms with Gasteiger partial charge in [-0.05, 0) is 48.0 Å². The molecule has 0 spiro atoms. The van der Waals surface area contributed by atoms with Crippen LogP contribution >= 0.6 is 0 Å². The molecule has 0 saturated carbocycles. The largest absolute Gasteiger partial charge is 0.379 e. The van der Waals surface area contributed by atoms with Gasteiger partial charge in [0.1, 0.15) is 0 Å². The van der Waals surface area contributed by atoms with Crippen LogP contribution < -0.4 is 0 Å². The molecule has 188 valence electrons. The van der Waals surface area contributed by atoms with Gasteiger partial charge in [0.05, 0.1) is 37.6 Å². The maximum atomic E-state index is 6.01. The zero-order valence-electron chi connectivity index (χ0n) is 21.8. The van der Waals surface area contributed by atoms with Gasteiger partial charge >= 0.3 is 0 Å². The van der Waals surface area contributed by atoms with Crippen LogP contribution in [0.2, 0.25) is 0 Å². The van der Waals surface area contributed by atoms with Crippen LogP contribution in [0.5, 0.6) is 0 Å². The van der Waals surface area contributed by atoms with Crippen molar-refractivity contribution in [3.63, 3.8) is 0 Å². The van der Waals surface area contributed by atoms with Crippen molar-refractivity contribution in [1.82, 2.24) is 19.6 Å². The fourth-order valence-electron chi connectivity index (χ4n) is 5.04. The molecular weight excluding hydrogens is 404 g/mol. The van der Waals surface area contributed by atoms with Gasteiger partial charge in [-0.15, -0.1) is 0 Å². The van der Waals surface area contributed by atoms with E-state index in [9.17, 15) is 0 Å². The molecule has 0 radical (unpaired) electrons. The van der Waals surface area contributed by atoms with Crippen LogP contribution in [-0.4, -0.2) is 135 Å². The van der Waals surface area contributed by atoms with E-state index in [0.29, 0.717) is 12.1 Å². The van der Waals surface area contributed by atoms with Gasteiger partial charge in [0.25, 0.3) is 0 Å². The maximum absolute atomic E-state index is 6.01. The Balaban J connectivity index is 1.17. The third-order valence-corrected chi connectivity index (χ3v) is 6.86. The molecule has 3 rings (SSSR count). The molecule has 0 aromatic rings. The highest BCUT2D eigenvalue weighted by atomic mass is 16.5. The summed E-state index contributed by atoms with van der Waals surface area (Å²) in [6, 6.07) is 1.43. The number of ether oxygens (including phenoxy) is 3. The first-order chi connectivity index (χ1) is 15.1. The summed E-state index contributed by atoms with van der Waals surface area (Å²) in [5.41, 5.74) is -0.0645. The van der Waals surface area contributed by atoms with Gasteiger partial charge < -0.3 is 14.2 Å². The summed E-state index contributed by atoms with van der Waals surface area (Å²) in [5, 5.41) is 0. The van der Waals surface area contributed by atoms with E-state index in [1.165, 1.54) is 19.5 Å². The average Bonchev–Trinajstić information content (AvgIpc) is 3.27. The molecule has 0 unspecified atom stereocenters. The second-order valence-corrected chi connectivity index (χ2v) is 11.8. The Bertz CT molecular complexity index is 540. The van der Waals surface area contributed by atoms with Crippen molar-refractivity contribution >= 4 is 0 Å². The van der Waals surface area contributed by atoms with E-state index in [-0.39, 0.29) is 11.2 Å². The Morgan fingerprint density at radius 1 is 0.594 bits per heavy atom. The normalized spacial score (nSPS) is 26.4. The molecule has 3 heterocycles. The standard InChI is InChI=1S/C25H50N4O3/c1-24(2,3)31-17-12-27-9-7-26(8-10-27)11-15-30-16-13-28-20-23-19-22(28)21-29(23)14-18-32-25(4,5)6/h22-23H,7-21H2,1-6H3/t22-,23-/m0/s1. The predicted molar refractivity (Wildman–Crippen MR) is 130 cm³/mol. The van der Waals surface area contributed by atoms with E-state index in [4.69, 9.17) is 14.2 Å². The fraction of sp³-hybridized carbons (Fsp3) is 1.00. The molecule has 0 N–H and O–H groups in total. The van der Waals surface area contributed by atoms with Gasteiger partial charge in [0.15, 0.2) is 0 Å². The van der Waals surface area contributed by atoms with Gasteiger partial charge in [-0.25, -0.2) is 0 Å². The highest BCUT2D eigenvalue weighted by Crippen LogP contribution is 2.30. The minimum atomic E-state index is -0.0335. The first-order valence-electron chi connectivity index (χ1n) is 12.9. The average molecular weight is 455 g/mol. The number of piperazine rings is 2. The first-order valence-corrected chi connectivity index (χ1v) is 12.9. The molecule has 3 aliphatic heterocycles. The Morgan fingerprint density at radius 2 is 1.00 bits per heavy atom. The summed E-state index contributed by atoms with van der Waals surface area (Å²) in [7, 11) is 0. The maximum Gasteiger partial charge on any atom is 0.0600 e. The summed E-state index contributed by atoms with van der Waals surface area (Å²) in [5.74, 6) is 0. The minimum absolute atomic E-state index is 0.0310. The number of nitrogens with zero attached hydrogens (tertiary/aromatic N) is 4. The molecular formula is C25H50N4O3. The van der Waals surface area contributed by atoms with Gasteiger partial charge in [0, 0.05) is 77.5 Å². The molecule has 0 aliphatic carbocycles. The molecule has 3 saturated heterocycles. The van der Waals surface area contributed by atoms with Crippen LogP contribution in [0.25, 0.3) is 0 Å². The monoisotopic (exact) mass is 454 g/mol. The van der Waals surface area contributed by atoms with E-state index >= 15 is 0 Å². The van der Waals surface area contributed by atoms with Crippen LogP contribution in [-0.2, 0) is 14.2 Å². The minimum Gasteiger partial charge on any atom is -0.379 e. The lowest BCUT2D eigenvalue weighted by Crippen LogP contribution is -2.49. The Hall–Kier alpha value is -0.280. The molecule has 7 heteroatoms. The number of hydrogen-bond donors (Lipinski definition) is 0. The highest BCUT2D eigenvalue weighted by molar-refractivity contribution is 4.99. The SMILES string of the molecule is CC(C)(C)OCCN1CCN(CCOCCN2C[C@@H]3C[C@H]2CN3CCOC(C)(C)C)CC1. The van der Waals surface area contributed by atoms with Gasteiger partial charge in [0.2, 0.25) is 0 Å². The van der Waals surface area contributed by atoms with Crippen LogP contribution in [0.3, 0.4) is 0 Å². The van der Waals surface area contributed by atoms with E-state index in [1.54, 1.807) is 0 Å². The van der Waals surface area contributed by atoms with E-state index in [2.05, 4.69) is 61.1 Å². The summed E-state index contributed by atoms with van der Waals surface area (Å²) in [6.07, 6.45) is 1.32. The molecule has 0 aromatic carbocycles. The van der Waals surface area contributed by atoms with Crippen molar-refractivity contribution < 1.29 is 14.2 Å². The lowest BCUT2D eigenvalue weighted by Gasteiger charge is -2.35. The quantitative estimate of drug-likeness (QED) is 0.418. The molecule has 0 amide bonds. The van der Waals surface area contributed by atoms with Crippen molar-refractivity contribution in [3.8, 4) is 0 Å². The van der Waals surface area contributed by atoms with Crippen molar-refractivity contribution in [1.29, 1.82) is 0 Å². The van der Waals surface area contributed by atoms with E-state index < -0.39 is 0 Å². The number of fused-ring (bicyclic) bond motifs is 2. The number of hydrogen-bond acceptors (Lipinski definition) is 7. The van der Waals surface area contributed by atoms with Crippen LogP contribution in [0.4, 0.5) is 0 Å².